The van der Waals surface area contributed by atoms with Gasteiger partial charge < -0.3 is 10.4 Å². The molecule has 2 aromatic rings. The van der Waals surface area contributed by atoms with E-state index in [0.717, 1.165) is 5.56 Å². The number of anilines is 1. The minimum atomic E-state index is -0.882. The maximum absolute atomic E-state index is 11.4. The Bertz CT molecular complexity index is 749. The van der Waals surface area contributed by atoms with Gasteiger partial charge >= 0.3 is 0 Å². The fourth-order valence-corrected chi connectivity index (χ4v) is 3.12. The van der Waals surface area contributed by atoms with Gasteiger partial charge in [-0.05, 0) is 51.3 Å². The molecule has 21 heavy (non-hydrogen) atoms. The van der Waals surface area contributed by atoms with Gasteiger partial charge in [0.05, 0.1) is 11.4 Å². The summed E-state index contributed by atoms with van der Waals surface area (Å²) >= 11 is 15.5. The predicted octanol–water partition coefficient (Wildman–Crippen LogP) is 4.33. The highest BCUT2D eigenvalue weighted by atomic mass is 79.9. The van der Waals surface area contributed by atoms with Crippen LogP contribution in [0.4, 0.5) is 5.69 Å². The van der Waals surface area contributed by atoms with Crippen LogP contribution in [0.2, 0.25) is 10.0 Å². The summed E-state index contributed by atoms with van der Waals surface area (Å²) in [6.07, 6.45) is -0.580. The van der Waals surface area contributed by atoms with Crippen molar-refractivity contribution in [3.8, 4) is 0 Å². The van der Waals surface area contributed by atoms with Crippen molar-refractivity contribution in [2.24, 2.45) is 0 Å². The molecule has 0 radical (unpaired) electrons. The predicted molar refractivity (Wildman–Crippen MR) is 87.0 cm³/mol. The molecule has 0 aliphatic carbocycles. The second kappa shape index (κ2) is 5.61. The number of benzene rings is 2. The van der Waals surface area contributed by atoms with Gasteiger partial charge in [-0.15, -0.1) is 0 Å². The average Bonchev–Trinajstić information content (AvgIpc) is 2.79. The van der Waals surface area contributed by atoms with Crippen LogP contribution in [0.15, 0.2) is 34.8 Å². The van der Waals surface area contributed by atoms with E-state index in [4.69, 9.17) is 23.2 Å². The van der Waals surface area contributed by atoms with E-state index in [-0.39, 0.29) is 5.91 Å². The lowest BCUT2D eigenvalue weighted by Gasteiger charge is -2.15. The van der Waals surface area contributed by atoms with Crippen molar-refractivity contribution < 1.29 is 9.90 Å². The smallest absolute Gasteiger partial charge is 0.228 e. The zero-order chi connectivity index (χ0) is 15.1. The van der Waals surface area contributed by atoms with Crippen LogP contribution in [0.1, 0.15) is 22.8 Å². The third kappa shape index (κ3) is 2.81. The van der Waals surface area contributed by atoms with Crippen molar-refractivity contribution in [3.05, 3.63) is 61.5 Å². The Hall–Kier alpha value is -1.07. The first-order chi connectivity index (χ1) is 9.95. The lowest BCUT2D eigenvalue weighted by atomic mass is 9.98. The van der Waals surface area contributed by atoms with Gasteiger partial charge in [0.1, 0.15) is 6.10 Å². The zero-order valence-electron chi connectivity index (χ0n) is 10.7. The van der Waals surface area contributed by atoms with Gasteiger partial charge in [-0.25, -0.2) is 0 Å². The molecule has 0 aromatic heterocycles. The molecule has 1 heterocycles. The first kappa shape index (κ1) is 14.9. The Morgan fingerprint density at radius 1 is 1.19 bits per heavy atom. The fourth-order valence-electron chi connectivity index (χ4n) is 2.34. The number of aliphatic hydroxyl groups excluding tert-OH is 1. The Morgan fingerprint density at radius 3 is 2.67 bits per heavy atom. The third-order valence-electron chi connectivity index (χ3n) is 3.40. The Kier molecular flexibility index (Phi) is 3.97. The van der Waals surface area contributed by atoms with E-state index in [9.17, 15) is 9.90 Å². The number of nitrogens with one attached hydrogen (secondary N) is 1. The van der Waals surface area contributed by atoms with Crippen molar-refractivity contribution in [1.82, 2.24) is 0 Å². The number of hydrogen-bond donors (Lipinski definition) is 2. The summed E-state index contributed by atoms with van der Waals surface area (Å²) in [5.41, 5.74) is 2.79. The lowest BCUT2D eigenvalue weighted by Crippen LogP contribution is -2.03. The van der Waals surface area contributed by atoms with Crippen LogP contribution in [0.3, 0.4) is 0 Å². The highest BCUT2D eigenvalue weighted by Gasteiger charge is 2.23. The summed E-state index contributed by atoms with van der Waals surface area (Å²) in [6.45, 7) is 0. The van der Waals surface area contributed by atoms with Crippen molar-refractivity contribution in [2.45, 2.75) is 12.5 Å². The number of halogens is 3. The Labute approximate surface area is 140 Å². The van der Waals surface area contributed by atoms with Gasteiger partial charge in [0.25, 0.3) is 0 Å². The summed E-state index contributed by atoms with van der Waals surface area (Å²) in [5.74, 6) is -0.0676. The summed E-state index contributed by atoms with van der Waals surface area (Å²) in [6, 6.07) is 8.63. The van der Waals surface area contributed by atoms with Gasteiger partial charge in [0.2, 0.25) is 5.91 Å². The second-order valence-electron chi connectivity index (χ2n) is 4.83. The van der Waals surface area contributed by atoms with Crippen LogP contribution >= 0.6 is 39.1 Å². The van der Waals surface area contributed by atoms with Gasteiger partial charge in [0, 0.05) is 20.7 Å². The molecule has 6 heteroatoms. The molecule has 3 rings (SSSR count). The summed E-state index contributed by atoms with van der Waals surface area (Å²) in [5, 5.41) is 14.2. The number of rotatable bonds is 2. The molecule has 108 valence electrons. The first-order valence-electron chi connectivity index (χ1n) is 6.21. The minimum absolute atomic E-state index is 0.0676. The van der Waals surface area contributed by atoms with Crippen LogP contribution < -0.4 is 5.32 Å². The van der Waals surface area contributed by atoms with Crippen molar-refractivity contribution in [3.63, 3.8) is 0 Å². The molecular formula is C15H10BrCl2NO2. The molecule has 0 fully saturated rings. The number of amides is 1. The maximum atomic E-state index is 11.4. The van der Waals surface area contributed by atoms with Crippen molar-refractivity contribution in [1.29, 1.82) is 0 Å². The number of aliphatic hydroxyl groups is 1. The molecule has 3 nitrogen and oxygen atoms in total. The van der Waals surface area contributed by atoms with Crippen LogP contribution in [0.5, 0.6) is 0 Å². The van der Waals surface area contributed by atoms with E-state index >= 15 is 0 Å². The molecular weight excluding hydrogens is 377 g/mol. The molecule has 0 spiro atoms. The number of carbonyl (C=O) groups is 1. The SMILES string of the molecule is O=C1Cc2cc(C(O)c3ccc(Cl)c(Br)c3)c(Cl)cc2N1. The molecule has 0 saturated heterocycles. The van der Waals surface area contributed by atoms with Crippen molar-refractivity contribution >= 4 is 50.7 Å². The molecule has 1 atom stereocenters. The summed E-state index contributed by atoms with van der Waals surface area (Å²) in [4.78, 5) is 11.4. The molecule has 1 amide bonds. The maximum Gasteiger partial charge on any atom is 0.228 e. The lowest BCUT2D eigenvalue weighted by molar-refractivity contribution is -0.115. The Morgan fingerprint density at radius 2 is 1.95 bits per heavy atom. The minimum Gasteiger partial charge on any atom is -0.384 e. The van der Waals surface area contributed by atoms with Crippen LogP contribution in [0, 0.1) is 0 Å². The topological polar surface area (TPSA) is 49.3 Å². The molecule has 1 aliphatic rings. The fraction of sp³-hybridized carbons (Fsp3) is 0.133. The van der Waals surface area contributed by atoms with Crippen LogP contribution in [0.25, 0.3) is 0 Å². The van der Waals surface area contributed by atoms with Gasteiger partial charge in [0.15, 0.2) is 0 Å². The van der Waals surface area contributed by atoms with E-state index in [2.05, 4.69) is 21.2 Å². The number of fused-ring (bicyclic) bond motifs is 1. The molecule has 1 unspecified atom stereocenters. The normalized spacial score (nSPS) is 14.8. The van der Waals surface area contributed by atoms with Crippen molar-refractivity contribution in [2.75, 3.05) is 5.32 Å². The average molecular weight is 387 g/mol. The molecule has 1 aliphatic heterocycles. The number of hydrogen-bond acceptors (Lipinski definition) is 2. The largest absolute Gasteiger partial charge is 0.384 e. The van der Waals surface area contributed by atoms with Gasteiger partial charge in [-0.1, -0.05) is 29.3 Å². The second-order valence-corrected chi connectivity index (χ2v) is 6.50. The monoisotopic (exact) mass is 385 g/mol. The molecule has 0 saturated carbocycles. The number of carbonyl (C=O) groups excluding carboxylic acids is 1. The molecule has 2 aromatic carbocycles. The zero-order valence-corrected chi connectivity index (χ0v) is 13.8. The standard InChI is InChI=1S/C15H10BrCl2NO2/c16-10-4-7(1-2-11(10)17)15(21)9-3-8-5-14(20)19-13(8)6-12(9)18/h1-4,6,15,21H,5H2,(H,19,20). The van der Waals surface area contributed by atoms with Crippen LogP contribution in [-0.2, 0) is 11.2 Å². The van der Waals surface area contributed by atoms with Gasteiger partial charge in [-0.3, -0.25) is 4.79 Å². The highest BCUT2D eigenvalue weighted by Crippen LogP contribution is 2.36. The highest BCUT2D eigenvalue weighted by molar-refractivity contribution is 9.10. The Balaban J connectivity index is 2.02. The van der Waals surface area contributed by atoms with E-state index in [1.165, 1.54) is 0 Å². The van der Waals surface area contributed by atoms with Crippen LogP contribution in [-0.4, -0.2) is 11.0 Å². The van der Waals surface area contributed by atoms with E-state index in [1.54, 1.807) is 30.3 Å². The van der Waals surface area contributed by atoms with Gasteiger partial charge in [-0.2, -0.15) is 0 Å². The third-order valence-corrected chi connectivity index (χ3v) is 4.94. The van der Waals surface area contributed by atoms with E-state index in [0.29, 0.717) is 37.8 Å². The van der Waals surface area contributed by atoms with E-state index < -0.39 is 6.10 Å². The molecule has 0 bridgehead atoms. The first-order valence-corrected chi connectivity index (χ1v) is 7.76. The summed E-state index contributed by atoms with van der Waals surface area (Å²) in [7, 11) is 0. The van der Waals surface area contributed by atoms with E-state index in [1.807, 2.05) is 0 Å². The summed E-state index contributed by atoms with van der Waals surface area (Å²) < 4.78 is 0.704. The quantitative estimate of drug-likeness (QED) is 0.806. The molecule has 2 N–H and O–H groups in total.